The fourth-order valence-electron chi connectivity index (χ4n) is 1.79. The van der Waals surface area contributed by atoms with Crippen LogP contribution in [-0.2, 0) is 9.84 Å². The molecular formula is C14H11ClFNO3S. The van der Waals surface area contributed by atoms with E-state index in [1.165, 1.54) is 30.3 Å². The number of carbonyl (C=O) groups excluding carboxylic acids is 1. The summed E-state index contributed by atoms with van der Waals surface area (Å²) in [6.07, 6.45) is 1.02. The van der Waals surface area contributed by atoms with Crippen molar-refractivity contribution in [1.82, 2.24) is 0 Å². The lowest BCUT2D eigenvalue weighted by atomic mass is 10.2. The molecule has 1 N–H and O–H groups in total. The van der Waals surface area contributed by atoms with E-state index in [1.807, 2.05) is 0 Å². The van der Waals surface area contributed by atoms with E-state index in [-0.39, 0.29) is 21.2 Å². The van der Waals surface area contributed by atoms with E-state index >= 15 is 0 Å². The molecule has 0 radical (unpaired) electrons. The zero-order valence-electron chi connectivity index (χ0n) is 10.9. The number of hydrogen-bond donors (Lipinski definition) is 1. The van der Waals surface area contributed by atoms with Gasteiger partial charge in [0.1, 0.15) is 5.82 Å². The second kappa shape index (κ2) is 5.83. The van der Waals surface area contributed by atoms with Crippen molar-refractivity contribution in [1.29, 1.82) is 0 Å². The van der Waals surface area contributed by atoms with Crippen LogP contribution in [0.3, 0.4) is 0 Å². The molecule has 0 atom stereocenters. The van der Waals surface area contributed by atoms with E-state index in [0.717, 1.165) is 12.3 Å². The Morgan fingerprint density at radius 2 is 1.81 bits per heavy atom. The molecule has 0 unspecified atom stereocenters. The number of rotatable bonds is 3. The molecule has 0 spiro atoms. The standard InChI is InChI=1S/C14H11ClFNO3S/c1-21(19,20)12-8-3-2-7-11(12)17-14(18)13-9(15)5-4-6-10(13)16/h2-8H,1H3,(H,17,18). The normalized spacial score (nSPS) is 11.2. The van der Waals surface area contributed by atoms with E-state index in [0.29, 0.717) is 0 Å². The Bertz CT molecular complexity index is 785. The highest BCUT2D eigenvalue weighted by atomic mass is 35.5. The molecule has 2 aromatic rings. The third-order valence-corrected chi connectivity index (χ3v) is 4.19. The molecule has 0 fully saturated rings. The Balaban J connectivity index is 2.42. The summed E-state index contributed by atoms with van der Waals surface area (Å²) in [5.74, 6) is -1.59. The molecule has 0 aliphatic rings. The number of nitrogens with one attached hydrogen (secondary N) is 1. The van der Waals surface area contributed by atoms with Crippen molar-refractivity contribution in [2.45, 2.75) is 4.90 Å². The van der Waals surface area contributed by atoms with E-state index in [4.69, 9.17) is 11.6 Å². The first-order valence-corrected chi connectivity index (χ1v) is 8.12. The van der Waals surface area contributed by atoms with E-state index in [1.54, 1.807) is 6.07 Å². The highest BCUT2D eigenvalue weighted by Crippen LogP contribution is 2.24. The molecule has 7 heteroatoms. The van der Waals surface area contributed by atoms with Gasteiger partial charge in [0.05, 0.1) is 21.2 Å². The van der Waals surface area contributed by atoms with Crippen molar-refractivity contribution < 1.29 is 17.6 Å². The second-order valence-electron chi connectivity index (χ2n) is 4.32. The first-order chi connectivity index (χ1) is 9.80. The molecule has 0 saturated heterocycles. The van der Waals surface area contributed by atoms with Crippen LogP contribution in [0.4, 0.5) is 10.1 Å². The van der Waals surface area contributed by atoms with Crippen LogP contribution in [0.2, 0.25) is 5.02 Å². The van der Waals surface area contributed by atoms with Gasteiger partial charge in [-0.15, -0.1) is 0 Å². The molecule has 2 rings (SSSR count). The summed E-state index contributed by atoms with van der Waals surface area (Å²) in [6, 6.07) is 9.72. The van der Waals surface area contributed by atoms with E-state index < -0.39 is 21.6 Å². The predicted octanol–water partition coefficient (Wildman–Crippen LogP) is 3.13. The van der Waals surface area contributed by atoms with Crippen LogP contribution in [0, 0.1) is 5.82 Å². The highest BCUT2D eigenvalue weighted by Gasteiger charge is 2.19. The van der Waals surface area contributed by atoms with Gasteiger partial charge < -0.3 is 5.32 Å². The monoisotopic (exact) mass is 327 g/mol. The van der Waals surface area contributed by atoms with Crippen molar-refractivity contribution in [3.05, 3.63) is 58.9 Å². The van der Waals surface area contributed by atoms with Gasteiger partial charge in [-0.2, -0.15) is 0 Å². The quantitative estimate of drug-likeness (QED) is 0.942. The zero-order chi connectivity index (χ0) is 15.6. The van der Waals surface area contributed by atoms with Gasteiger partial charge in [0, 0.05) is 6.26 Å². The van der Waals surface area contributed by atoms with Crippen LogP contribution in [0.1, 0.15) is 10.4 Å². The summed E-state index contributed by atoms with van der Waals surface area (Å²) in [4.78, 5) is 12.1. The Morgan fingerprint density at radius 3 is 2.43 bits per heavy atom. The number of amides is 1. The van der Waals surface area contributed by atoms with Crippen molar-refractivity contribution in [2.75, 3.05) is 11.6 Å². The average molecular weight is 328 g/mol. The average Bonchev–Trinajstić information content (AvgIpc) is 2.37. The molecule has 0 aliphatic carbocycles. The highest BCUT2D eigenvalue weighted by molar-refractivity contribution is 7.90. The van der Waals surface area contributed by atoms with Crippen molar-refractivity contribution >= 4 is 33.0 Å². The lowest BCUT2D eigenvalue weighted by Gasteiger charge is -2.11. The van der Waals surface area contributed by atoms with Crippen molar-refractivity contribution in [3.63, 3.8) is 0 Å². The first kappa shape index (κ1) is 15.5. The van der Waals surface area contributed by atoms with Gasteiger partial charge in [-0.05, 0) is 24.3 Å². The number of hydrogen-bond acceptors (Lipinski definition) is 3. The Kier molecular flexibility index (Phi) is 4.29. The summed E-state index contributed by atoms with van der Waals surface area (Å²) in [5.41, 5.74) is -0.258. The fraction of sp³-hybridized carbons (Fsp3) is 0.0714. The minimum absolute atomic E-state index is 0.0502. The molecular weight excluding hydrogens is 317 g/mol. The van der Waals surface area contributed by atoms with Crippen LogP contribution in [-0.4, -0.2) is 20.6 Å². The van der Waals surface area contributed by atoms with Crippen LogP contribution in [0.15, 0.2) is 47.4 Å². The molecule has 1 amide bonds. The van der Waals surface area contributed by atoms with Gasteiger partial charge in [-0.1, -0.05) is 29.8 Å². The van der Waals surface area contributed by atoms with Gasteiger partial charge in [-0.3, -0.25) is 4.79 Å². The molecule has 0 bridgehead atoms. The third kappa shape index (κ3) is 3.40. The van der Waals surface area contributed by atoms with Crippen molar-refractivity contribution in [2.24, 2.45) is 0 Å². The second-order valence-corrected chi connectivity index (χ2v) is 6.71. The first-order valence-electron chi connectivity index (χ1n) is 5.85. The van der Waals surface area contributed by atoms with Crippen molar-refractivity contribution in [3.8, 4) is 0 Å². The molecule has 21 heavy (non-hydrogen) atoms. The topological polar surface area (TPSA) is 63.2 Å². The molecule has 0 saturated carbocycles. The Hall–Kier alpha value is -1.92. The number of halogens is 2. The van der Waals surface area contributed by atoms with E-state index in [2.05, 4.69) is 5.32 Å². The molecule has 110 valence electrons. The van der Waals surface area contributed by atoms with Gasteiger partial charge in [-0.25, -0.2) is 12.8 Å². The lowest BCUT2D eigenvalue weighted by Crippen LogP contribution is -2.16. The van der Waals surface area contributed by atoms with E-state index in [9.17, 15) is 17.6 Å². The number of carbonyl (C=O) groups is 1. The number of anilines is 1. The summed E-state index contributed by atoms with van der Waals surface area (Å²) in [7, 11) is -3.52. The Labute approximate surface area is 126 Å². The lowest BCUT2D eigenvalue weighted by molar-refractivity contribution is 0.102. The maximum absolute atomic E-state index is 13.7. The molecule has 0 aromatic heterocycles. The minimum atomic E-state index is -3.52. The third-order valence-electron chi connectivity index (χ3n) is 2.72. The molecule has 0 aliphatic heterocycles. The SMILES string of the molecule is CS(=O)(=O)c1ccccc1NC(=O)c1c(F)cccc1Cl. The number of sulfone groups is 1. The maximum atomic E-state index is 13.7. The van der Waals surface area contributed by atoms with Gasteiger partial charge >= 0.3 is 0 Å². The predicted molar refractivity (Wildman–Crippen MR) is 78.9 cm³/mol. The van der Waals surface area contributed by atoms with Gasteiger partial charge in [0.15, 0.2) is 9.84 Å². The van der Waals surface area contributed by atoms with Crippen LogP contribution in [0.5, 0.6) is 0 Å². The van der Waals surface area contributed by atoms with Crippen LogP contribution in [0.25, 0.3) is 0 Å². The zero-order valence-corrected chi connectivity index (χ0v) is 12.5. The van der Waals surface area contributed by atoms with Crippen LogP contribution >= 0.6 is 11.6 Å². The fourth-order valence-corrected chi connectivity index (χ4v) is 2.89. The summed E-state index contributed by atoms with van der Waals surface area (Å²) in [5, 5.41) is 2.32. The molecule has 2 aromatic carbocycles. The Morgan fingerprint density at radius 1 is 1.14 bits per heavy atom. The van der Waals surface area contributed by atoms with Gasteiger partial charge in [0.25, 0.3) is 5.91 Å². The van der Waals surface area contributed by atoms with Gasteiger partial charge in [0.2, 0.25) is 0 Å². The number of benzene rings is 2. The van der Waals surface area contributed by atoms with Crippen LogP contribution < -0.4 is 5.32 Å². The minimum Gasteiger partial charge on any atom is -0.321 e. The maximum Gasteiger partial charge on any atom is 0.260 e. The number of para-hydroxylation sites is 1. The largest absolute Gasteiger partial charge is 0.321 e. The molecule has 4 nitrogen and oxygen atoms in total. The molecule has 0 heterocycles. The smallest absolute Gasteiger partial charge is 0.260 e. The summed E-state index contributed by atoms with van der Waals surface area (Å²) in [6.45, 7) is 0. The summed E-state index contributed by atoms with van der Waals surface area (Å²) < 4.78 is 37.0. The summed E-state index contributed by atoms with van der Waals surface area (Å²) >= 11 is 5.80.